The van der Waals surface area contributed by atoms with Gasteiger partial charge in [0.2, 0.25) is 0 Å². The van der Waals surface area contributed by atoms with Crippen LogP contribution in [0.5, 0.6) is 0 Å². The van der Waals surface area contributed by atoms with Crippen molar-refractivity contribution in [1.82, 2.24) is 14.7 Å². The Morgan fingerprint density at radius 1 is 1.71 bits per heavy atom. The zero-order valence-electron chi connectivity index (χ0n) is 8.72. The molecule has 80 valence electrons. The largest absolute Gasteiger partial charge is 0.395 e. The summed E-state index contributed by atoms with van der Waals surface area (Å²) >= 11 is 0. The van der Waals surface area contributed by atoms with Crippen LogP contribution >= 0.6 is 0 Å². The number of rotatable bonds is 5. The van der Waals surface area contributed by atoms with Crippen LogP contribution < -0.4 is 5.73 Å². The zero-order valence-corrected chi connectivity index (χ0v) is 8.72. The molecule has 0 aliphatic heterocycles. The van der Waals surface area contributed by atoms with Crippen molar-refractivity contribution in [1.29, 1.82) is 0 Å². The molecule has 0 fully saturated rings. The lowest BCUT2D eigenvalue weighted by Gasteiger charge is -2.24. The first-order chi connectivity index (χ1) is 6.69. The molecule has 0 aliphatic carbocycles. The monoisotopic (exact) mass is 198 g/mol. The molecule has 0 saturated heterocycles. The molecule has 1 aromatic heterocycles. The second kappa shape index (κ2) is 5.09. The summed E-state index contributed by atoms with van der Waals surface area (Å²) in [5, 5.41) is 12.9. The highest BCUT2D eigenvalue weighted by Crippen LogP contribution is 2.16. The van der Waals surface area contributed by atoms with Crippen LogP contribution in [0.15, 0.2) is 12.4 Å². The summed E-state index contributed by atoms with van der Waals surface area (Å²) in [6.07, 6.45) is 3.76. The summed E-state index contributed by atoms with van der Waals surface area (Å²) in [4.78, 5) is 2.02. The Bertz CT molecular complexity index is 274. The number of aryl methyl sites for hydroxylation is 1. The average Bonchev–Trinajstić information content (AvgIpc) is 2.54. The van der Waals surface area contributed by atoms with Crippen LogP contribution in [-0.4, -0.2) is 46.5 Å². The van der Waals surface area contributed by atoms with Gasteiger partial charge in [-0.15, -0.1) is 0 Å². The third-order valence-electron chi connectivity index (χ3n) is 2.32. The van der Waals surface area contributed by atoms with Gasteiger partial charge in [-0.25, -0.2) is 0 Å². The molecule has 5 heteroatoms. The molecule has 14 heavy (non-hydrogen) atoms. The molecule has 3 N–H and O–H groups in total. The summed E-state index contributed by atoms with van der Waals surface area (Å²) < 4.78 is 1.75. The molecule has 0 radical (unpaired) electrons. The van der Waals surface area contributed by atoms with Gasteiger partial charge in [-0.05, 0) is 7.05 Å². The SMILES string of the molecule is CN(CCO)C(CN)c1cnn(C)c1. The fourth-order valence-corrected chi connectivity index (χ4v) is 1.50. The van der Waals surface area contributed by atoms with E-state index in [0.29, 0.717) is 13.1 Å². The summed E-state index contributed by atoms with van der Waals surface area (Å²) in [7, 11) is 3.82. The van der Waals surface area contributed by atoms with Crippen LogP contribution in [0.4, 0.5) is 0 Å². The van der Waals surface area contributed by atoms with Crippen molar-refractivity contribution in [2.45, 2.75) is 6.04 Å². The molecule has 0 amide bonds. The quantitative estimate of drug-likeness (QED) is 0.659. The summed E-state index contributed by atoms with van der Waals surface area (Å²) in [5.74, 6) is 0. The summed E-state index contributed by atoms with van der Waals surface area (Å²) in [5.41, 5.74) is 6.77. The van der Waals surface area contributed by atoms with Gasteiger partial charge in [0, 0.05) is 37.9 Å². The number of hydrogen-bond donors (Lipinski definition) is 2. The molecule has 1 rings (SSSR count). The Hall–Kier alpha value is -0.910. The molecule has 0 aliphatic rings. The Morgan fingerprint density at radius 2 is 2.43 bits per heavy atom. The van der Waals surface area contributed by atoms with Gasteiger partial charge in [0.15, 0.2) is 0 Å². The van der Waals surface area contributed by atoms with Crippen molar-refractivity contribution in [2.75, 3.05) is 26.7 Å². The first-order valence-electron chi connectivity index (χ1n) is 4.68. The molecular formula is C9H18N4O. The van der Waals surface area contributed by atoms with E-state index >= 15 is 0 Å². The Labute approximate surface area is 84.1 Å². The first-order valence-corrected chi connectivity index (χ1v) is 4.68. The predicted molar refractivity (Wildman–Crippen MR) is 54.7 cm³/mol. The number of aliphatic hydroxyl groups is 1. The topological polar surface area (TPSA) is 67.3 Å². The van der Waals surface area contributed by atoms with Crippen molar-refractivity contribution in [3.63, 3.8) is 0 Å². The van der Waals surface area contributed by atoms with Crippen molar-refractivity contribution in [2.24, 2.45) is 12.8 Å². The second-order valence-electron chi connectivity index (χ2n) is 3.40. The number of nitrogens with zero attached hydrogens (tertiary/aromatic N) is 3. The molecule has 0 bridgehead atoms. The lowest BCUT2D eigenvalue weighted by atomic mass is 10.1. The summed E-state index contributed by atoms with van der Waals surface area (Å²) in [6, 6.07) is 0.135. The minimum absolute atomic E-state index is 0.135. The van der Waals surface area contributed by atoms with Crippen LogP contribution in [0.25, 0.3) is 0 Å². The molecule has 0 saturated carbocycles. The van der Waals surface area contributed by atoms with E-state index in [0.717, 1.165) is 5.56 Å². The predicted octanol–water partition coefficient (Wildman–Crippen LogP) is -0.656. The van der Waals surface area contributed by atoms with E-state index in [9.17, 15) is 0 Å². The summed E-state index contributed by atoms with van der Waals surface area (Å²) in [6.45, 7) is 1.30. The van der Waals surface area contributed by atoms with Crippen LogP contribution in [0.2, 0.25) is 0 Å². The van der Waals surface area contributed by atoms with E-state index in [2.05, 4.69) is 5.10 Å². The highest BCUT2D eigenvalue weighted by molar-refractivity contribution is 5.10. The first kappa shape index (κ1) is 11.2. The van der Waals surface area contributed by atoms with Gasteiger partial charge in [-0.2, -0.15) is 5.10 Å². The number of likely N-dealkylation sites (N-methyl/N-ethyl adjacent to an activating group) is 1. The molecule has 1 atom stereocenters. The van der Waals surface area contributed by atoms with Crippen LogP contribution in [-0.2, 0) is 7.05 Å². The van der Waals surface area contributed by atoms with E-state index in [1.165, 1.54) is 0 Å². The van der Waals surface area contributed by atoms with Crippen molar-refractivity contribution in [3.05, 3.63) is 18.0 Å². The van der Waals surface area contributed by atoms with E-state index in [-0.39, 0.29) is 12.6 Å². The van der Waals surface area contributed by atoms with Gasteiger partial charge in [0.1, 0.15) is 0 Å². The second-order valence-corrected chi connectivity index (χ2v) is 3.40. The fourth-order valence-electron chi connectivity index (χ4n) is 1.50. The van der Waals surface area contributed by atoms with Crippen LogP contribution in [0.1, 0.15) is 11.6 Å². The van der Waals surface area contributed by atoms with Gasteiger partial charge in [0.05, 0.1) is 12.8 Å². The third kappa shape index (κ3) is 2.54. The van der Waals surface area contributed by atoms with Crippen molar-refractivity contribution < 1.29 is 5.11 Å². The minimum Gasteiger partial charge on any atom is -0.395 e. The molecule has 0 spiro atoms. The van der Waals surface area contributed by atoms with E-state index < -0.39 is 0 Å². The number of aliphatic hydroxyl groups excluding tert-OH is 1. The van der Waals surface area contributed by atoms with Gasteiger partial charge in [-0.3, -0.25) is 9.58 Å². The van der Waals surface area contributed by atoms with Crippen molar-refractivity contribution in [3.8, 4) is 0 Å². The maximum atomic E-state index is 8.83. The fraction of sp³-hybridized carbons (Fsp3) is 0.667. The third-order valence-corrected chi connectivity index (χ3v) is 2.32. The Balaban J connectivity index is 2.71. The lowest BCUT2D eigenvalue weighted by Crippen LogP contribution is -2.32. The van der Waals surface area contributed by atoms with Crippen LogP contribution in [0, 0.1) is 0 Å². The van der Waals surface area contributed by atoms with Crippen molar-refractivity contribution >= 4 is 0 Å². The number of aromatic nitrogens is 2. The molecule has 1 aromatic rings. The maximum Gasteiger partial charge on any atom is 0.0558 e. The zero-order chi connectivity index (χ0) is 10.6. The Morgan fingerprint density at radius 3 is 2.86 bits per heavy atom. The number of nitrogens with two attached hydrogens (primary N) is 1. The van der Waals surface area contributed by atoms with Gasteiger partial charge < -0.3 is 10.8 Å². The molecular weight excluding hydrogens is 180 g/mol. The van der Waals surface area contributed by atoms with E-state index in [1.54, 1.807) is 4.68 Å². The normalized spacial score (nSPS) is 13.5. The molecule has 5 nitrogen and oxygen atoms in total. The van der Waals surface area contributed by atoms with Gasteiger partial charge >= 0.3 is 0 Å². The smallest absolute Gasteiger partial charge is 0.0558 e. The molecule has 1 heterocycles. The highest BCUT2D eigenvalue weighted by atomic mass is 16.3. The lowest BCUT2D eigenvalue weighted by molar-refractivity contribution is 0.183. The van der Waals surface area contributed by atoms with Gasteiger partial charge in [-0.1, -0.05) is 0 Å². The van der Waals surface area contributed by atoms with Crippen LogP contribution in [0.3, 0.4) is 0 Å². The average molecular weight is 198 g/mol. The minimum atomic E-state index is 0.135. The Kier molecular flexibility index (Phi) is 4.06. The molecule has 1 unspecified atom stereocenters. The maximum absolute atomic E-state index is 8.83. The van der Waals surface area contributed by atoms with E-state index in [1.807, 2.05) is 31.4 Å². The number of hydrogen-bond acceptors (Lipinski definition) is 4. The molecule has 0 aromatic carbocycles. The highest BCUT2D eigenvalue weighted by Gasteiger charge is 2.15. The van der Waals surface area contributed by atoms with E-state index in [4.69, 9.17) is 10.8 Å². The van der Waals surface area contributed by atoms with Gasteiger partial charge in [0.25, 0.3) is 0 Å². The standard InChI is InChI=1S/C9H18N4O/c1-12(3-4-14)9(5-10)8-6-11-13(2)7-8/h6-7,9,14H,3-5,10H2,1-2H3.